The maximum atomic E-state index is 13.4. The zero-order valence-corrected chi connectivity index (χ0v) is 25.9. The third kappa shape index (κ3) is 8.55. The number of ether oxygens (including phenoxy) is 1. The number of hydrogen-bond donors (Lipinski definition) is 5. The van der Waals surface area contributed by atoms with Crippen molar-refractivity contribution in [1.82, 2.24) is 36.4 Å². The zero-order chi connectivity index (χ0) is 31.9. The van der Waals surface area contributed by atoms with Crippen LogP contribution in [0.4, 0.5) is 0 Å². The molecule has 234 valence electrons. The van der Waals surface area contributed by atoms with E-state index in [2.05, 4.69) is 31.7 Å². The molecule has 2 heterocycles. The Labute approximate surface area is 251 Å². The number of carbonyl (C=O) groups is 5. The van der Waals surface area contributed by atoms with Gasteiger partial charge < -0.3 is 31.3 Å². The highest BCUT2D eigenvalue weighted by molar-refractivity contribution is 6.01. The van der Waals surface area contributed by atoms with Crippen molar-refractivity contribution in [3.05, 3.63) is 46.8 Å². The molecule has 13 nitrogen and oxygen atoms in total. The van der Waals surface area contributed by atoms with Crippen LogP contribution in [0.3, 0.4) is 0 Å². The summed E-state index contributed by atoms with van der Waals surface area (Å²) in [6.07, 6.45) is 0.0775. The number of aromatic nitrogens is 2. The first-order chi connectivity index (χ1) is 20.2. The molecule has 0 saturated heterocycles. The summed E-state index contributed by atoms with van der Waals surface area (Å²) in [4.78, 5) is 65.9. The van der Waals surface area contributed by atoms with Gasteiger partial charge in [-0.25, -0.2) is 0 Å². The smallest absolute Gasteiger partial charge is 0.255 e. The van der Waals surface area contributed by atoms with E-state index in [9.17, 15) is 24.0 Å². The van der Waals surface area contributed by atoms with E-state index >= 15 is 0 Å². The van der Waals surface area contributed by atoms with Crippen molar-refractivity contribution in [2.75, 3.05) is 19.7 Å². The van der Waals surface area contributed by atoms with E-state index < -0.39 is 53.6 Å². The number of carbonyl (C=O) groups excluding carboxylic acids is 5. The molecule has 0 radical (unpaired) electrons. The third-order valence-electron chi connectivity index (χ3n) is 7.39. The van der Waals surface area contributed by atoms with Crippen LogP contribution in [0.1, 0.15) is 61.4 Å². The van der Waals surface area contributed by atoms with Gasteiger partial charge in [-0.05, 0) is 57.7 Å². The number of amides is 5. The molecular formula is C30H43N7O6. The van der Waals surface area contributed by atoms with Gasteiger partial charge in [-0.2, -0.15) is 5.10 Å². The van der Waals surface area contributed by atoms with Gasteiger partial charge in [0.2, 0.25) is 23.6 Å². The highest BCUT2D eigenvalue weighted by Crippen LogP contribution is 2.19. The Hall–Kier alpha value is -4.42. The fraction of sp³-hybridized carbons (Fsp3) is 0.533. The first-order valence-corrected chi connectivity index (χ1v) is 14.4. The number of aryl methyl sites for hydroxylation is 2. The molecule has 3 rings (SSSR count). The lowest BCUT2D eigenvalue weighted by atomic mass is 9.99. The van der Waals surface area contributed by atoms with Crippen LogP contribution in [-0.4, -0.2) is 76.6 Å². The monoisotopic (exact) mass is 597 g/mol. The molecule has 1 aromatic carbocycles. The summed E-state index contributed by atoms with van der Waals surface area (Å²) in [6.45, 7) is 10.9. The van der Waals surface area contributed by atoms with Gasteiger partial charge in [0.25, 0.3) is 5.91 Å². The second-order valence-corrected chi connectivity index (χ2v) is 11.5. The lowest BCUT2D eigenvalue weighted by Crippen LogP contribution is -2.60. The van der Waals surface area contributed by atoms with Crippen LogP contribution in [-0.2, 0) is 32.6 Å². The van der Waals surface area contributed by atoms with Crippen LogP contribution in [0.25, 0.3) is 0 Å². The molecule has 1 aliphatic heterocycles. The normalized spacial score (nSPS) is 20.1. The minimum Gasteiger partial charge on any atom is -0.491 e. The van der Waals surface area contributed by atoms with Crippen molar-refractivity contribution in [2.45, 2.75) is 72.0 Å². The summed E-state index contributed by atoms with van der Waals surface area (Å²) in [7, 11) is 1.85. The quantitative estimate of drug-likeness (QED) is 0.332. The summed E-state index contributed by atoms with van der Waals surface area (Å²) in [6, 6.07) is 4.38. The van der Waals surface area contributed by atoms with E-state index in [1.165, 1.54) is 13.8 Å². The van der Waals surface area contributed by atoms with Crippen LogP contribution in [0.15, 0.2) is 24.3 Å². The van der Waals surface area contributed by atoms with E-state index in [1.54, 1.807) is 42.8 Å². The average molecular weight is 598 g/mol. The highest BCUT2D eigenvalue weighted by Gasteiger charge is 2.35. The summed E-state index contributed by atoms with van der Waals surface area (Å²) < 4.78 is 7.56. The Balaban J connectivity index is 1.86. The van der Waals surface area contributed by atoms with Gasteiger partial charge in [-0.3, -0.25) is 28.7 Å². The van der Waals surface area contributed by atoms with Crippen molar-refractivity contribution < 1.29 is 28.7 Å². The van der Waals surface area contributed by atoms with Crippen LogP contribution < -0.4 is 31.3 Å². The fourth-order valence-electron chi connectivity index (χ4n) is 4.78. The van der Waals surface area contributed by atoms with Crippen molar-refractivity contribution in [3.63, 3.8) is 0 Å². The second kappa shape index (κ2) is 14.2. The average Bonchev–Trinajstić information content (AvgIpc) is 3.18. The molecule has 43 heavy (non-hydrogen) atoms. The van der Waals surface area contributed by atoms with Crippen molar-refractivity contribution in [3.8, 4) is 5.75 Å². The number of nitrogens with one attached hydrogen (secondary N) is 5. The molecule has 0 saturated carbocycles. The first-order valence-electron chi connectivity index (χ1n) is 14.4. The van der Waals surface area contributed by atoms with Gasteiger partial charge in [0, 0.05) is 19.3 Å². The van der Waals surface area contributed by atoms with Gasteiger partial charge in [0.1, 0.15) is 30.0 Å². The summed E-state index contributed by atoms with van der Waals surface area (Å²) >= 11 is 0. The Kier molecular flexibility index (Phi) is 10.9. The summed E-state index contributed by atoms with van der Waals surface area (Å²) in [5, 5.41) is 18.0. The molecule has 0 bridgehead atoms. The van der Waals surface area contributed by atoms with Crippen molar-refractivity contribution in [1.29, 1.82) is 0 Å². The predicted octanol–water partition coefficient (Wildman–Crippen LogP) is 0.429. The second-order valence-electron chi connectivity index (χ2n) is 11.5. The molecule has 1 aromatic heterocycles. The van der Waals surface area contributed by atoms with Crippen LogP contribution in [0.5, 0.6) is 5.75 Å². The minimum atomic E-state index is -1.42. The number of hydrogen-bond acceptors (Lipinski definition) is 7. The molecule has 0 fully saturated rings. The topological polar surface area (TPSA) is 173 Å². The Morgan fingerprint density at radius 3 is 2.49 bits per heavy atom. The van der Waals surface area contributed by atoms with Crippen LogP contribution >= 0.6 is 0 Å². The van der Waals surface area contributed by atoms with Gasteiger partial charge in [0.15, 0.2) is 0 Å². The highest BCUT2D eigenvalue weighted by atomic mass is 16.5. The van der Waals surface area contributed by atoms with E-state index in [-0.39, 0.29) is 36.9 Å². The molecule has 1 aliphatic rings. The first kappa shape index (κ1) is 33.1. The summed E-state index contributed by atoms with van der Waals surface area (Å²) in [5.41, 5.74) is 1.58. The van der Waals surface area contributed by atoms with Crippen LogP contribution in [0.2, 0.25) is 0 Å². The Morgan fingerprint density at radius 1 is 1.14 bits per heavy atom. The van der Waals surface area contributed by atoms with Gasteiger partial charge in [-0.1, -0.05) is 26.0 Å². The standard InChI is InChI=1S/C30H43N7O6/c1-17(2)25-28(41)32-14-15-43-23-11-9-8-10-21(23)26(39)33-22(16-24(38)35-30(5,6)29(42)34-25)27(40)31-13-12-20-18(3)36-37(7)19(20)4/h8-11,17,22,25H,12-16H2,1-7H3,(H,31,40)(H,32,41)(H,33,39)(H,34,42)(H,35,38)/t22-,25+/m0/s1. The summed E-state index contributed by atoms with van der Waals surface area (Å²) in [5.74, 6) is -2.79. The number of fused-ring (bicyclic) bond motifs is 1. The van der Waals surface area contributed by atoms with Crippen molar-refractivity contribution in [2.24, 2.45) is 13.0 Å². The number of rotatable bonds is 5. The van der Waals surface area contributed by atoms with Crippen molar-refractivity contribution >= 4 is 29.5 Å². The lowest BCUT2D eigenvalue weighted by molar-refractivity contribution is -0.136. The molecule has 2 atom stereocenters. The van der Waals surface area contributed by atoms with Crippen LogP contribution in [0, 0.1) is 19.8 Å². The Morgan fingerprint density at radius 2 is 1.84 bits per heavy atom. The molecule has 0 spiro atoms. The van der Waals surface area contributed by atoms with Gasteiger partial charge in [-0.15, -0.1) is 0 Å². The van der Waals surface area contributed by atoms with Gasteiger partial charge in [0.05, 0.1) is 24.2 Å². The number of nitrogens with zero attached hydrogens (tertiary/aromatic N) is 2. The minimum absolute atomic E-state index is 0.0530. The number of benzene rings is 1. The third-order valence-corrected chi connectivity index (χ3v) is 7.39. The van der Waals surface area contributed by atoms with E-state index in [4.69, 9.17) is 4.74 Å². The maximum absolute atomic E-state index is 13.4. The van der Waals surface area contributed by atoms with E-state index in [1.807, 2.05) is 20.9 Å². The zero-order valence-electron chi connectivity index (χ0n) is 25.9. The van der Waals surface area contributed by atoms with E-state index in [0.29, 0.717) is 6.42 Å². The molecule has 0 aliphatic carbocycles. The SMILES string of the molecule is Cc1nn(C)c(C)c1CCNC(=O)[C@@H]1CC(=O)NC(C)(C)C(=O)N[C@H](C(C)C)C(=O)NCCOc2ccccc2C(=O)N1. The molecule has 0 unspecified atom stereocenters. The molecule has 5 amide bonds. The maximum Gasteiger partial charge on any atom is 0.255 e. The van der Waals surface area contributed by atoms with E-state index in [0.717, 1.165) is 17.0 Å². The predicted molar refractivity (Wildman–Crippen MR) is 159 cm³/mol. The lowest BCUT2D eigenvalue weighted by Gasteiger charge is -2.30. The number of para-hydroxylation sites is 1. The molecule has 13 heteroatoms. The molecule has 2 aromatic rings. The Bertz CT molecular complexity index is 1370. The molecular weight excluding hydrogens is 554 g/mol. The molecule has 5 N–H and O–H groups in total. The van der Waals surface area contributed by atoms with Gasteiger partial charge >= 0.3 is 0 Å². The fourth-order valence-corrected chi connectivity index (χ4v) is 4.78. The largest absolute Gasteiger partial charge is 0.491 e.